The van der Waals surface area contributed by atoms with E-state index in [4.69, 9.17) is 27.9 Å². The van der Waals surface area contributed by atoms with Crippen molar-refractivity contribution in [1.82, 2.24) is 5.32 Å². The molecule has 0 fully saturated rings. The summed E-state index contributed by atoms with van der Waals surface area (Å²) in [6, 6.07) is 4.62. The second-order valence-electron chi connectivity index (χ2n) is 5.47. The number of rotatable bonds is 9. The van der Waals surface area contributed by atoms with Gasteiger partial charge in [-0.15, -0.1) is 0 Å². The van der Waals surface area contributed by atoms with Crippen LogP contribution in [0.5, 0.6) is 0 Å². The molecule has 0 bridgehead atoms. The quantitative estimate of drug-likeness (QED) is 0.650. The smallest absolute Gasteiger partial charge is 0.240 e. The van der Waals surface area contributed by atoms with E-state index in [0.29, 0.717) is 19.6 Å². The number of benzene rings is 1. The minimum Gasteiger partial charge on any atom is -0.379 e. The zero-order chi connectivity index (χ0) is 18.3. The Hall–Kier alpha value is -1.02. The Labute approximate surface area is 153 Å². The van der Waals surface area contributed by atoms with Gasteiger partial charge in [0.1, 0.15) is 6.54 Å². The minimum atomic E-state index is -3.69. The summed E-state index contributed by atoms with van der Waals surface area (Å²) in [7, 11) is -3.69. The average Bonchev–Trinajstić information content (AvgIpc) is 2.46. The van der Waals surface area contributed by atoms with Crippen LogP contribution in [0, 0.1) is 0 Å². The molecule has 0 aromatic heterocycles. The monoisotopic (exact) mass is 396 g/mol. The van der Waals surface area contributed by atoms with Crippen LogP contribution in [0.2, 0.25) is 10.0 Å². The number of hydrogen-bond donors (Lipinski definition) is 1. The molecular formula is C15H22Cl2N2O4S. The van der Waals surface area contributed by atoms with Crippen LogP contribution < -0.4 is 9.62 Å². The second kappa shape index (κ2) is 9.46. The molecule has 1 aromatic carbocycles. The maximum absolute atomic E-state index is 12.0. The largest absolute Gasteiger partial charge is 0.379 e. The number of nitrogens with one attached hydrogen (secondary N) is 1. The van der Waals surface area contributed by atoms with E-state index in [0.717, 1.165) is 10.6 Å². The molecule has 0 saturated heterocycles. The molecule has 1 amide bonds. The summed E-state index contributed by atoms with van der Waals surface area (Å²) < 4.78 is 30.3. The summed E-state index contributed by atoms with van der Waals surface area (Å²) in [5.41, 5.74) is 0.171. The van der Waals surface area contributed by atoms with Gasteiger partial charge >= 0.3 is 0 Å². The first kappa shape index (κ1) is 21.0. The van der Waals surface area contributed by atoms with Gasteiger partial charge in [0.05, 0.1) is 28.1 Å². The molecule has 6 nitrogen and oxygen atoms in total. The van der Waals surface area contributed by atoms with Crippen molar-refractivity contribution in [2.45, 2.75) is 26.4 Å². The number of carbonyl (C=O) groups excluding carboxylic acids is 1. The van der Waals surface area contributed by atoms with E-state index in [2.05, 4.69) is 5.32 Å². The predicted molar refractivity (Wildman–Crippen MR) is 97.4 cm³/mol. The number of ether oxygens (including phenoxy) is 1. The summed E-state index contributed by atoms with van der Waals surface area (Å²) in [4.78, 5) is 12.0. The van der Waals surface area contributed by atoms with Crippen LogP contribution in [0.3, 0.4) is 0 Å². The van der Waals surface area contributed by atoms with Gasteiger partial charge in [-0.3, -0.25) is 9.10 Å². The number of anilines is 1. The standard InChI is InChI=1S/C15H22Cl2N2O4S/c1-11(2)23-9-5-8-18-14(20)10-19(24(3,21)22)13-7-4-6-12(16)15(13)17/h4,6-7,11H,5,8-10H2,1-3H3,(H,18,20). The van der Waals surface area contributed by atoms with Gasteiger partial charge in [0.15, 0.2) is 0 Å². The molecule has 0 spiro atoms. The van der Waals surface area contributed by atoms with E-state index in [1.807, 2.05) is 13.8 Å². The first-order valence-corrected chi connectivity index (χ1v) is 10.0. The Bertz CT molecular complexity index is 665. The third-order valence-electron chi connectivity index (χ3n) is 2.98. The van der Waals surface area contributed by atoms with Crippen LogP contribution in [0.1, 0.15) is 20.3 Å². The molecule has 1 N–H and O–H groups in total. The Morgan fingerprint density at radius 2 is 2.00 bits per heavy atom. The van der Waals surface area contributed by atoms with Crippen molar-refractivity contribution in [3.05, 3.63) is 28.2 Å². The first-order valence-electron chi connectivity index (χ1n) is 7.43. The van der Waals surface area contributed by atoms with Gasteiger partial charge in [-0.05, 0) is 32.4 Å². The Morgan fingerprint density at radius 3 is 2.58 bits per heavy atom. The molecule has 0 aliphatic heterocycles. The van der Waals surface area contributed by atoms with Crippen molar-refractivity contribution in [3.8, 4) is 0 Å². The van der Waals surface area contributed by atoms with E-state index in [9.17, 15) is 13.2 Å². The van der Waals surface area contributed by atoms with E-state index in [1.54, 1.807) is 12.1 Å². The van der Waals surface area contributed by atoms with Crippen molar-refractivity contribution < 1.29 is 17.9 Å². The van der Waals surface area contributed by atoms with Crippen molar-refractivity contribution in [1.29, 1.82) is 0 Å². The van der Waals surface area contributed by atoms with Crippen molar-refractivity contribution in [3.63, 3.8) is 0 Å². The van der Waals surface area contributed by atoms with Crippen molar-refractivity contribution in [2.75, 3.05) is 30.3 Å². The first-order chi connectivity index (χ1) is 11.1. The highest BCUT2D eigenvalue weighted by Gasteiger charge is 2.23. The minimum absolute atomic E-state index is 0.0859. The van der Waals surface area contributed by atoms with Gasteiger partial charge in [-0.2, -0.15) is 0 Å². The zero-order valence-electron chi connectivity index (χ0n) is 13.9. The van der Waals surface area contributed by atoms with Gasteiger partial charge in [0.2, 0.25) is 15.9 Å². The second-order valence-corrected chi connectivity index (χ2v) is 8.16. The van der Waals surface area contributed by atoms with Gasteiger partial charge in [0, 0.05) is 13.2 Å². The topological polar surface area (TPSA) is 75.7 Å². The molecular weight excluding hydrogens is 375 g/mol. The van der Waals surface area contributed by atoms with Crippen LogP contribution >= 0.6 is 23.2 Å². The molecule has 24 heavy (non-hydrogen) atoms. The lowest BCUT2D eigenvalue weighted by molar-refractivity contribution is -0.119. The van der Waals surface area contributed by atoms with Crippen LogP contribution in [0.25, 0.3) is 0 Å². The van der Waals surface area contributed by atoms with Crippen molar-refractivity contribution in [2.24, 2.45) is 0 Å². The average molecular weight is 397 g/mol. The molecule has 0 atom stereocenters. The van der Waals surface area contributed by atoms with E-state index < -0.39 is 15.9 Å². The Kier molecular flexibility index (Phi) is 8.29. The number of halogens is 2. The maximum atomic E-state index is 12.0. The van der Waals surface area contributed by atoms with Crippen LogP contribution in [0.15, 0.2) is 18.2 Å². The third kappa shape index (κ3) is 6.84. The molecule has 0 radical (unpaired) electrons. The number of nitrogens with zero attached hydrogens (tertiary/aromatic N) is 1. The number of amides is 1. The molecule has 1 aromatic rings. The molecule has 1 rings (SSSR count). The number of hydrogen-bond acceptors (Lipinski definition) is 4. The van der Waals surface area contributed by atoms with Crippen LogP contribution in [-0.2, 0) is 19.6 Å². The van der Waals surface area contributed by atoms with Crippen LogP contribution in [-0.4, -0.2) is 46.4 Å². The Balaban J connectivity index is 2.71. The SMILES string of the molecule is CC(C)OCCCNC(=O)CN(c1cccc(Cl)c1Cl)S(C)(=O)=O. The molecule has 0 heterocycles. The van der Waals surface area contributed by atoms with Gasteiger partial charge < -0.3 is 10.1 Å². The fourth-order valence-electron chi connectivity index (χ4n) is 1.87. The lowest BCUT2D eigenvalue weighted by atomic mass is 10.3. The maximum Gasteiger partial charge on any atom is 0.240 e. The van der Waals surface area contributed by atoms with E-state index >= 15 is 0 Å². The summed E-state index contributed by atoms with van der Waals surface area (Å²) in [6.45, 7) is 4.40. The molecule has 9 heteroatoms. The fourth-order valence-corrected chi connectivity index (χ4v) is 3.18. The highest BCUT2D eigenvalue weighted by Crippen LogP contribution is 2.33. The molecule has 0 saturated carbocycles. The lowest BCUT2D eigenvalue weighted by Crippen LogP contribution is -2.41. The van der Waals surface area contributed by atoms with Gasteiger partial charge in [-0.25, -0.2) is 8.42 Å². The third-order valence-corrected chi connectivity index (χ3v) is 4.92. The van der Waals surface area contributed by atoms with Gasteiger partial charge in [-0.1, -0.05) is 29.3 Å². The molecule has 136 valence electrons. The summed E-state index contributed by atoms with van der Waals surface area (Å²) in [5.74, 6) is -0.430. The predicted octanol–water partition coefficient (Wildman–Crippen LogP) is 2.69. The fraction of sp³-hybridized carbons (Fsp3) is 0.533. The highest BCUT2D eigenvalue weighted by atomic mass is 35.5. The number of sulfonamides is 1. The molecule has 0 aliphatic rings. The Morgan fingerprint density at radius 1 is 1.33 bits per heavy atom. The summed E-state index contributed by atoms with van der Waals surface area (Å²) in [6.07, 6.45) is 1.78. The lowest BCUT2D eigenvalue weighted by Gasteiger charge is -2.23. The normalized spacial score (nSPS) is 11.6. The zero-order valence-corrected chi connectivity index (χ0v) is 16.2. The van der Waals surface area contributed by atoms with Crippen molar-refractivity contribution >= 4 is 44.8 Å². The molecule has 0 unspecified atom stereocenters. The highest BCUT2D eigenvalue weighted by molar-refractivity contribution is 7.92. The summed E-state index contributed by atoms with van der Waals surface area (Å²) >= 11 is 12.0. The van der Waals surface area contributed by atoms with E-state index in [-0.39, 0.29) is 28.4 Å². The van der Waals surface area contributed by atoms with E-state index in [1.165, 1.54) is 6.07 Å². The molecule has 0 aliphatic carbocycles. The van der Waals surface area contributed by atoms with Gasteiger partial charge in [0.25, 0.3) is 0 Å². The summed E-state index contributed by atoms with van der Waals surface area (Å²) in [5, 5.41) is 2.96. The number of carbonyl (C=O) groups is 1. The van der Waals surface area contributed by atoms with Crippen LogP contribution in [0.4, 0.5) is 5.69 Å².